The molecule has 0 radical (unpaired) electrons. The number of nitrogens with zero attached hydrogens (tertiary/aromatic N) is 2. The molecule has 27 heavy (non-hydrogen) atoms. The van der Waals surface area contributed by atoms with Crippen LogP contribution in [0.1, 0.15) is 35.7 Å². The minimum absolute atomic E-state index is 0.0243. The summed E-state index contributed by atoms with van der Waals surface area (Å²) >= 11 is 1.58. The number of benzene rings is 1. The van der Waals surface area contributed by atoms with Gasteiger partial charge in [-0.25, -0.2) is 4.98 Å². The lowest BCUT2D eigenvalue weighted by atomic mass is 10.1. The standard InChI is InChI=1S/C20H23N3O3S/c1-26-15-5-2-4-13(10-15)8-9-21-18(24)11-14-12-27-20-22-17-7-3-6-16(17)19(25)23(14)20/h2,4-5,10,14H,3,6-9,11-12H2,1H3,(H,21,24). The van der Waals surface area contributed by atoms with Gasteiger partial charge in [-0.3, -0.25) is 14.2 Å². The average Bonchev–Trinajstić information content (AvgIpc) is 3.30. The summed E-state index contributed by atoms with van der Waals surface area (Å²) in [6.45, 7) is 0.566. The van der Waals surface area contributed by atoms with Crippen LogP contribution in [0.4, 0.5) is 0 Å². The van der Waals surface area contributed by atoms with E-state index in [-0.39, 0.29) is 17.5 Å². The zero-order chi connectivity index (χ0) is 18.8. The molecule has 1 aliphatic heterocycles. The topological polar surface area (TPSA) is 73.2 Å². The van der Waals surface area contributed by atoms with Crippen LogP contribution in [-0.2, 0) is 24.1 Å². The van der Waals surface area contributed by atoms with E-state index in [2.05, 4.69) is 10.3 Å². The number of fused-ring (bicyclic) bond motifs is 2. The number of nitrogens with one attached hydrogen (secondary N) is 1. The van der Waals surface area contributed by atoms with Crippen LogP contribution in [0, 0.1) is 0 Å². The van der Waals surface area contributed by atoms with Gasteiger partial charge in [-0.15, -0.1) is 0 Å². The molecule has 0 saturated heterocycles. The summed E-state index contributed by atoms with van der Waals surface area (Å²) in [7, 11) is 1.64. The molecule has 1 aromatic carbocycles. The number of carbonyl (C=O) groups is 1. The van der Waals surface area contributed by atoms with Crippen LogP contribution in [0.2, 0.25) is 0 Å². The van der Waals surface area contributed by atoms with Crippen molar-refractivity contribution in [3.8, 4) is 5.75 Å². The number of amides is 1. The molecule has 7 heteroatoms. The molecule has 2 aliphatic rings. The van der Waals surface area contributed by atoms with Gasteiger partial charge in [-0.1, -0.05) is 23.9 Å². The maximum Gasteiger partial charge on any atom is 0.257 e. The van der Waals surface area contributed by atoms with Crippen LogP contribution in [0.25, 0.3) is 0 Å². The Balaban J connectivity index is 1.36. The van der Waals surface area contributed by atoms with Crippen molar-refractivity contribution in [2.45, 2.75) is 43.3 Å². The number of aryl methyl sites for hydroxylation is 1. The van der Waals surface area contributed by atoms with Crippen molar-refractivity contribution in [1.82, 2.24) is 14.9 Å². The lowest BCUT2D eigenvalue weighted by Gasteiger charge is -2.14. The van der Waals surface area contributed by atoms with Crippen molar-refractivity contribution < 1.29 is 9.53 Å². The molecule has 1 aliphatic carbocycles. The fourth-order valence-electron chi connectivity index (χ4n) is 3.76. The summed E-state index contributed by atoms with van der Waals surface area (Å²) in [6, 6.07) is 7.74. The van der Waals surface area contributed by atoms with Gasteiger partial charge in [0.15, 0.2) is 5.16 Å². The summed E-state index contributed by atoms with van der Waals surface area (Å²) in [5.74, 6) is 1.52. The molecule has 1 atom stereocenters. The van der Waals surface area contributed by atoms with E-state index in [1.54, 1.807) is 23.4 Å². The molecule has 2 aromatic rings. The third kappa shape index (κ3) is 3.74. The summed E-state index contributed by atoms with van der Waals surface area (Å²) in [5.41, 5.74) is 2.99. The van der Waals surface area contributed by atoms with E-state index < -0.39 is 0 Å². The molecule has 0 fully saturated rings. The number of rotatable bonds is 6. The van der Waals surface area contributed by atoms with Crippen LogP contribution in [0.15, 0.2) is 34.2 Å². The number of hydrogen-bond acceptors (Lipinski definition) is 5. The molecule has 2 heterocycles. The lowest BCUT2D eigenvalue weighted by molar-refractivity contribution is -0.121. The summed E-state index contributed by atoms with van der Waals surface area (Å²) < 4.78 is 6.97. The predicted octanol–water partition coefficient (Wildman–Crippen LogP) is 2.14. The molecule has 1 amide bonds. The molecular weight excluding hydrogens is 362 g/mol. The predicted molar refractivity (Wildman–Crippen MR) is 105 cm³/mol. The highest BCUT2D eigenvalue weighted by atomic mass is 32.2. The van der Waals surface area contributed by atoms with Gasteiger partial charge in [0.05, 0.1) is 18.8 Å². The van der Waals surface area contributed by atoms with Crippen molar-refractivity contribution in [1.29, 1.82) is 0 Å². The Bertz CT molecular complexity index is 925. The molecule has 4 rings (SSSR count). The van der Waals surface area contributed by atoms with Crippen molar-refractivity contribution >= 4 is 17.7 Å². The Morgan fingerprint density at radius 1 is 1.41 bits per heavy atom. The van der Waals surface area contributed by atoms with Crippen LogP contribution >= 0.6 is 11.8 Å². The van der Waals surface area contributed by atoms with E-state index in [0.717, 1.165) is 59.2 Å². The number of aromatic nitrogens is 2. The second-order valence-electron chi connectivity index (χ2n) is 6.97. The number of methoxy groups -OCH3 is 1. The van der Waals surface area contributed by atoms with E-state index in [1.807, 2.05) is 24.3 Å². The number of carbonyl (C=O) groups excluding carboxylic acids is 1. The Kier molecular flexibility index (Phi) is 5.20. The quantitative estimate of drug-likeness (QED) is 0.772. The lowest BCUT2D eigenvalue weighted by Crippen LogP contribution is -2.32. The number of ether oxygens (including phenoxy) is 1. The Hall–Kier alpha value is -2.28. The molecule has 0 saturated carbocycles. The van der Waals surface area contributed by atoms with Crippen LogP contribution in [-0.4, -0.2) is 34.9 Å². The maximum atomic E-state index is 12.8. The molecule has 0 spiro atoms. The van der Waals surface area contributed by atoms with E-state index in [1.165, 1.54) is 0 Å². The molecule has 1 N–H and O–H groups in total. The maximum absolute atomic E-state index is 12.8. The zero-order valence-electron chi connectivity index (χ0n) is 15.4. The van der Waals surface area contributed by atoms with Crippen LogP contribution < -0.4 is 15.6 Å². The van der Waals surface area contributed by atoms with Crippen molar-refractivity contribution in [2.75, 3.05) is 19.4 Å². The smallest absolute Gasteiger partial charge is 0.257 e. The van der Waals surface area contributed by atoms with Gasteiger partial charge in [-0.05, 0) is 43.4 Å². The fraction of sp³-hybridized carbons (Fsp3) is 0.450. The summed E-state index contributed by atoms with van der Waals surface area (Å²) in [5, 5.41) is 3.75. The average molecular weight is 385 g/mol. The number of thioether (sulfide) groups is 1. The highest BCUT2D eigenvalue weighted by Gasteiger charge is 2.30. The monoisotopic (exact) mass is 385 g/mol. The second kappa shape index (κ2) is 7.76. The van der Waals surface area contributed by atoms with Gasteiger partial charge in [0.1, 0.15) is 5.75 Å². The van der Waals surface area contributed by atoms with Gasteiger partial charge in [-0.2, -0.15) is 0 Å². The van der Waals surface area contributed by atoms with Gasteiger partial charge in [0.25, 0.3) is 5.56 Å². The molecule has 6 nitrogen and oxygen atoms in total. The van der Waals surface area contributed by atoms with Crippen LogP contribution in [0.5, 0.6) is 5.75 Å². The summed E-state index contributed by atoms with van der Waals surface area (Å²) in [6.07, 6.45) is 3.77. The van der Waals surface area contributed by atoms with E-state index >= 15 is 0 Å². The molecule has 0 bridgehead atoms. The Morgan fingerprint density at radius 3 is 3.15 bits per heavy atom. The largest absolute Gasteiger partial charge is 0.497 e. The fourth-order valence-corrected chi connectivity index (χ4v) is 4.92. The SMILES string of the molecule is COc1cccc(CCNC(=O)CC2CSc3nc4c(c(=O)n32)CCC4)c1. The van der Waals surface area contributed by atoms with Crippen molar-refractivity contribution in [2.24, 2.45) is 0 Å². The van der Waals surface area contributed by atoms with Crippen LogP contribution in [0.3, 0.4) is 0 Å². The van der Waals surface area contributed by atoms with Crippen molar-refractivity contribution in [3.05, 3.63) is 51.4 Å². The van der Waals surface area contributed by atoms with Gasteiger partial charge in [0, 0.05) is 24.3 Å². The highest BCUT2D eigenvalue weighted by molar-refractivity contribution is 7.99. The third-order valence-corrected chi connectivity index (χ3v) is 6.26. The normalized spacial score (nSPS) is 17.4. The minimum Gasteiger partial charge on any atom is -0.497 e. The van der Waals surface area contributed by atoms with Gasteiger partial charge < -0.3 is 10.1 Å². The summed E-state index contributed by atoms with van der Waals surface area (Å²) in [4.78, 5) is 29.8. The highest BCUT2D eigenvalue weighted by Crippen LogP contribution is 2.33. The Labute approximate surface area is 162 Å². The van der Waals surface area contributed by atoms with Gasteiger partial charge >= 0.3 is 0 Å². The first kappa shape index (κ1) is 18.1. The first-order chi connectivity index (χ1) is 13.2. The zero-order valence-corrected chi connectivity index (χ0v) is 16.2. The Morgan fingerprint density at radius 2 is 2.30 bits per heavy atom. The minimum atomic E-state index is -0.104. The first-order valence-electron chi connectivity index (χ1n) is 9.32. The number of hydrogen-bond donors (Lipinski definition) is 1. The second-order valence-corrected chi connectivity index (χ2v) is 7.96. The first-order valence-corrected chi connectivity index (χ1v) is 10.3. The van der Waals surface area contributed by atoms with Gasteiger partial charge in [0.2, 0.25) is 5.91 Å². The third-order valence-electron chi connectivity index (χ3n) is 5.16. The van der Waals surface area contributed by atoms with E-state index in [9.17, 15) is 9.59 Å². The molecule has 1 unspecified atom stereocenters. The van der Waals surface area contributed by atoms with E-state index in [0.29, 0.717) is 13.0 Å². The molecule has 1 aromatic heterocycles. The molecular formula is C20H23N3O3S. The van der Waals surface area contributed by atoms with Crippen molar-refractivity contribution in [3.63, 3.8) is 0 Å². The molecule has 142 valence electrons. The van der Waals surface area contributed by atoms with E-state index in [4.69, 9.17) is 4.74 Å².